The molecule has 26 heavy (non-hydrogen) atoms. The van der Waals surface area contributed by atoms with Gasteiger partial charge >= 0.3 is 11.7 Å². The topological polar surface area (TPSA) is 123 Å². The van der Waals surface area contributed by atoms with Crippen LogP contribution in [0.2, 0.25) is 0 Å². The molecule has 3 aromatic heterocycles. The zero-order valence-electron chi connectivity index (χ0n) is 13.7. The molecule has 9 nitrogen and oxygen atoms in total. The van der Waals surface area contributed by atoms with Crippen molar-refractivity contribution in [2.75, 3.05) is 0 Å². The Kier molecular flexibility index (Phi) is 2.97. The van der Waals surface area contributed by atoms with Gasteiger partial charge < -0.3 is 10.1 Å². The van der Waals surface area contributed by atoms with Gasteiger partial charge in [0.05, 0.1) is 0 Å². The molecule has 0 spiro atoms. The number of rotatable bonds is 4. The molecule has 5 rings (SSSR count). The van der Waals surface area contributed by atoms with Gasteiger partial charge in [0.1, 0.15) is 17.0 Å². The SMILES string of the molecule is O=C(O)c1ccc(-c2nc3c([nH]2)c(=O)n(C2CC2)c(=O)n3C2CC2)cn1. The molecular formula is C17H15N5O4. The minimum atomic E-state index is -1.11. The van der Waals surface area contributed by atoms with Crippen molar-refractivity contribution in [2.45, 2.75) is 37.8 Å². The number of fused-ring (bicyclic) bond motifs is 1. The summed E-state index contributed by atoms with van der Waals surface area (Å²) in [5.41, 5.74) is 0.509. The van der Waals surface area contributed by atoms with Crippen LogP contribution < -0.4 is 11.2 Å². The van der Waals surface area contributed by atoms with Gasteiger partial charge in [0, 0.05) is 23.8 Å². The van der Waals surface area contributed by atoms with Crippen molar-refractivity contribution in [1.29, 1.82) is 0 Å². The predicted molar refractivity (Wildman–Crippen MR) is 91.3 cm³/mol. The monoisotopic (exact) mass is 353 g/mol. The van der Waals surface area contributed by atoms with Crippen molar-refractivity contribution in [2.24, 2.45) is 0 Å². The van der Waals surface area contributed by atoms with Gasteiger partial charge in [0.15, 0.2) is 5.65 Å². The Morgan fingerprint density at radius 2 is 1.81 bits per heavy atom. The van der Waals surface area contributed by atoms with Crippen LogP contribution in [-0.4, -0.2) is 35.2 Å². The third-order valence-corrected chi connectivity index (χ3v) is 4.84. The molecule has 0 bridgehead atoms. The average molecular weight is 353 g/mol. The number of aromatic carboxylic acids is 1. The molecule has 3 heterocycles. The first-order chi connectivity index (χ1) is 12.5. The average Bonchev–Trinajstić information content (AvgIpc) is 3.54. The summed E-state index contributed by atoms with van der Waals surface area (Å²) in [6.07, 6.45) is 4.86. The van der Waals surface area contributed by atoms with E-state index in [1.807, 2.05) is 0 Å². The number of aromatic nitrogens is 5. The largest absolute Gasteiger partial charge is 0.477 e. The highest BCUT2D eigenvalue weighted by atomic mass is 16.4. The van der Waals surface area contributed by atoms with Crippen molar-refractivity contribution < 1.29 is 9.90 Å². The maximum atomic E-state index is 12.8. The number of pyridine rings is 1. The molecule has 2 aliphatic rings. The molecule has 0 atom stereocenters. The van der Waals surface area contributed by atoms with Gasteiger partial charge in [-0.3, -0.25) is 13.9 Å². The summed E-state index contributed by atoms with van der Waals surface area (Å²) in [6.45, 7) is 0. The fourth-order valence-electron chi connectivity index (χ4n) is 3.22. The molecular weight excluding hydrogens is 338 g/mol. The molecule has 2 aliphatic carbocycles. The fraction of sp³-hybridized carbons (Fsp3) is 0.353. The molecule has 0 amide bonds. The first kappa shape index (κ1) is 15.1. The van der Waals surface area contributed by atoms with Crippen LogP contribution in [0.3, 0.4) is 0 Å². The molecule has 2 fully saturated rings. The lowest BCUT2D eigenvalue weighted by molar-refractivity contribution is 0.0690. The Bertz CT molecular complexity index is 1160. The van der Waals surface area contributed by atoms with Crippen LogP contribution in [0.4, 0.5) is 0 Å². The second kappa shape index (κ2) is 5.13. The second-order valence-electron chi connectivity index (χ2n) is 6.81. The van der Waals surface area contributed by atoms with Crippen molar-refractivity contribution in [3.8, 4) is 11.4 Å². The third kappa shape index (κ3) is 2.20. The Hall–Kier alpha value is -3.23. The van der Waals surface area contributed by atoms with Crippen molar-refractivity contribution in [3.05, 3.63) is 44.9 Å². The first-order valence-electron chi connectivity index (χ1n) is 8.51. The highest BCUT2D eigenvalue weighted by Gasteiger charge is 2.34. The Labute approximate surface area is 145 Å². The van der Waals surface area contributed by atoms with Crippen molar-refractivity contribution >= 4 is 17.1 Å². The standard InChI is InChI=1S/C17H15N5O4/c23-15-12-14(21(9-2-3-9)17(26)22(15)10-4-5-10)20-13(19-12)8-1-6-11(16(24)25)18-7-8/h1,6-7,9-10H,2-5H2,(H,19,20)(H,24,25). The highest BCUT2D eigenvalue weighted by molar-refractivity contribution is 5.85. The third-order valence-electron chi connectivity index (χ3n) is 4.84. The minimum Gasteiger partial charge on any atom is -0.477 e. The summed E-state index contributed by atoms with van der Waals surface area (Å²) in [5.74, 6) is -0.722. The summed E-state index contributed by atoms with van der Waals surface area (Å²) in [4.78, 5) is 47.9. The van der Waals surface area contributed by atoms with Crippen LogP contribution >= 0.6 is 0 Å². The number of carboxylic acid groups (broad SMARTS) is 1. The summed E-state index contributed by atoms with van der Waals surface area (Å²) in [7, 11) is 0. The molecule has 0 radical (unpaired) electrons. The lowest BCUT2D eigenvalue weighted by atomic mass is 10.2. The van der Waals surface area contributed by atoms with Crippen LogP contribution in [0.15, 0.2) is 27.9 Å². The van der Waals surface area contributed by atoms with E-state index < -0.39 is 5.97 Å². The number of nitrogens with zero attached hydrogens (tertiary/aromatic N) is 4. The lowest BCUT2D eigenvalue weighted by Gasteiger charge is -2.09. The maximum absolute atomic E-state index is 12.8. The molecule has 132 valence electrons. The highest BCUT2D eigenvalue weighted by Crippen LogP contribution is 2.37. The van der Waals surface area contributed by atoms with Gasteiger partial charge in [-0.1, -0.05) is 0 Å². The minimum absolute atomic E-state index is 0.0207. The molecule has 0 unspecified atom stereocenters. The van der Waals surface area contributed by atoms with Crippen molar-refractivity contribution in [1.82, 2.24) is 24.1 Å². The van der Waals surface area contributed by atoms with Gasteiger partial charge in [0.2, 0.25) is 0 Å². The van der Waals surface area contributed by atoms with E-state index in [0.29, 0.717) is 22.6 Å². The zero-order chi connectivity index (χ0) is 18.0. The van der Waals surface area contributed by atoms with Gasteiger partial charge in [-0.2, -0.15) is 0 Å². The van der Waals surface area contributed by atoms with Crippen LogP contribution in [0.1, 0.15) is 48.3 Å². The predicted octanol–water partition coefficient (Wildman–Crippen LogP) is 1.32. The summed E-state index contributed by atoms with van der Waals surface area (Å²) >= 11 is 0. The molecule has 2 N–H and O–H groups in total. The second-order valence-corrected chi connectivity index (χ2v) is 6.81. The van der Waals surface area contributed by atoms with E-state index in [0.717, 1.165) is 25.7 Å². The van der Waals surface area contributed by atoms with E-state index in [2.05, 4.69) is 15.0 Å². The van der Waals surface area contributed by atoms with E-state index in [1.165, 1.54) is 16.8 Å². The summed E-state index contributed by atoms with van der Waals surface area (Å²) in [5, 5.41) is 8.95. The van der Waals surface area contributed by atoms with Gasteiger partial charge in [-0.15, -0.1) is 0 Å². The van der Waals surface area contributed by atoms with Crippen molar-refractivity contribution in [3.63, 3.8) is 0 Å². The molecule has 0 aliphatic heterocycles. The molecule has 0 saturated heterocycles. The Morgan fingerprint density at radius 3 is 2.38 bits per heavy atom. The number of hydrogen-bond donors (Lipinski definition) is 2. The molecule has 2 saturated carbocycles. The van der Waals surface area contributed by atoms with E-state index in [1.54, 1.807) is 10.6 Å². The number of carbonyl (C=O) groups is 1. The van der Waals surface area contributed by atoms with Gasteiger partial charge in [-0.25, -0.2) is 19.6 Å². The fourth-order valence-corrected chi connectivity index (χ4v) is 3.22. The van der Waals surface area contributed by atoms with E-state index in [9.17, 15) is 14.4 Å². The molecule has 3 aromatic rings. The van der Waals surface area contributed by atoms with Crippen LogP contribution in [-0.2, 0) is 0 Å². The number of imidazole rings is 1. The number of aromatic amines is 1. The maximum Gasteiger partial charge on any atom is 0.354 e. The molecule has 0 aromatic carbocycles. The number of carboxylic acids is 1. The first-order valence-corrected chi connectivity index (χ1v) is 8.51. The normalized spacial score (nSPS) is 16.9. The van der Waals surface area contributed by atoms with E-state index in [-0.39, 0.29) is 29.0 Å². The van der Waals surface area contributed by atoms with Crippen LogP contribution in [0.5, 0.6) is 0 Å². The van der Waals surface area contributed by atoms with Gasteiger partial charge in [0.25, 0.3) is 5.56 Å². The Morgan fingerprint density at radius 1 is 1.12 bits per heavy atom. The summed E-state index contributed by atoms with van der Waals surface area (Å²) in [6, 6.07) is 3.01. The number of nitrogens with one attached hydrogen (secondary N) is 1. The van der Waals surface area contributed by atoms with Gasteiger partial charge in [-0.05, 0) is 37.8 Å². The van der Waals surface area contributed by atoms with Crippen LogP contribution in [0, 0.1) is 0 Å². The smallest absolute Gasteiger partial charge is 0.354 e. The van der Waals surface area contributed by atoms with E-state index >= 15 is 0 Å². The quantitative estimate of drug-likeness (QED) is 0.729. The Balaban J connectivity index is 1.73. The lowest BCUT2D eigenvalue weighted by Crippen LogP contribution is -2.39. The summed E-state index contributed by atoms with van der Waals surface area (Å²) < 4.78 is 2.96. The number of hydrogen-bond acceptors (Lipinski definition) is 5. The number of H-pyrrole nitrogens is 1. The van der Waals surface area contributed by atoms with Crippen LogP contribution in [0.25, 0.3) is 22.6 Å². The molecule has 9 heteroatoms. The zero-order valence-corrected chi connectivity index (χ0v) is 13.7. The van der Waals surface area contributed by atoms with E-state index in [4.69, 9.17) is 5.11 Å².